The second-order valence-corrected chi connectivity index (χ2v) is 9.20. The van der Waals surface area contributed by atoms with Crippen molar-refractivity contribution in [1.82, 2.24) is 10.2 Å². The number of rotatable bonds is 6. The van der Waals surface area contributed by atoms with E-state index in [1.165, 1.54) is 25.8 Å². The summed E-state index contributed by atoms with van der Waals surface area (Å²) in [4.78, 5) is 14.5. The Bertz CT molecular complexity index is 338. The zero-order chi connectivity index (χ0) is 16.8. The highest BCUT2D eigenvalue weighted by atomic mass is 16.1. The number of unbranched alkanes of at least 4 members (excludes halogenated alkanes) is 1. The van der Waals surface area contributed by atoms with Crippen molar-refractivity contribution < 1.29 is 4.79 Å². The number of carbonyl (C=O) groups is 1. The predicted octanol–water partition coefficient (Wildman–Crippen LogP) is 4.22. The Labute approximate surface area is 138 Å². The molecule has 22 heavy (non-hydrogen) atoms. The van der Waals surface area contributed by atoms with E-state index in [0.717, 1.165) is 25.9 Å². The Morgan fingerprint density at radius 1 is 1.14 bits per heavy atom. The topological polar surface area (TPSA) is 32.3 Å². The van der Waals surface area contributed by atoms with Crippen molar-refractivity contribution in [3.63, 3.8) is 0 Å². The van der Waals surface area contributed by atoms with Gasteiger partial charge in [-0.1, -0.05) is 27.2 Å². The highest BCUT2D eigenvalue weighted by Gasteiger charge is 2.27. The number of nitrogens with one attached hydrogen (secondary N) is 1. The number of hydrogen-bond donors (Lipinski definition) is 1. The molecule has 3 heteroatoms. The fourth-order valence-electron chi connectivity index (χ4n) is 3.13. The summed E-state index contributed by atoms with van der Waals surface area (Å²) in [5.74, 6) is 0.855. The first-order chi connectivity index (χ1) is 10.1. The van der Waals surface area contributed by atoms with Gasteiger partial charge in [-0.2, -0.15) is 0 Å². The smallest absolute Gasteiger partial charge is 0.220 e. The molecule has 1 saturated heterocycles. The summed E-state index contributed by atoms with van der Waals surface area (Å²) >= 11 is 0. The highest BCUT2D eigenvalue weighted by molar-refractivity contribution is 5.75. The number of piperidine rings is 1. The summed E-state index contributed by atoms with van der Waals surface area (Å²) in [7, 11) is 0. The molecule has 1 fully saturated rings. The van der Waals surface area contributed by atoms with Crippen molar-refractivity contribution in [3.05, 3.63) is 0 Å². The Balaban J connectivity index is 2.18. The van der Waals surface area contributed by atoms with Crippen LogP contribution in [0.25, 0.3) is 0 Å². The van der Waals surface area contributed by atoms with E-state index in [2.05, 4.69) is 51.8 Å². The molecule has 0 aromatic heterocycles. The first-order valence-electron chi connectivity index (χ1n) is 9.10. The molecule has 1 aliphatic heterocycles. The lowest BCUT2D eigenvalue weighted by atomic mass is 9.89. The summed E-state index contributed by atoms with van der Waals surface area (Å²) in [5, 5.41) is 3.16. The average molecular weight is 311 g/mol. The average Bonchev–Trinajstić information content (AvgIpc) is 2.40. The quantitative estimate of drug-likeness (QED) is 0.745. The molecule has 1 aliphatic rings. The summed E-state index contributed by atoms with van der Waals surface area (Å²) < 4.78 is 0. The van der Waals surface area contributed by atoms with E-state index in [4.69, 9.17) is 0 Å². The van der Waals surface area contributed by atoms with Gasteiger partial charge in [0, 0.05) is 25.0 Å². The first-order valence-corrected chi connectivity index (χ1v) is 9.10. The van der Waals surface area contributed by atoms with Gasteiger partial charge in [-0.25, -0.2) is 0 Å². The molecule has 130 valence electrons. The first kappa shape index (κ1) is 19.5. The van der Waals surface area contributed by atoms with Crippen molar-refractivity contribution in [2.45, 2.75) is 85.6 Å². The minimum Gasteiger partial charge on any atom is -0.356 e. The van der Waals surface area contributed by atoms with Crippen LogP contribution in [0.1, 0.15) is 80.1 Å². The molecule has 0 radical (unpaired) electrons. The number of carbonyl (C=O) groups excluding carboxylic acids is 1. The van der Waals surface area contributed by atoms with Crippen molar-refractivity contribution in [1.29, 1.82) is 0 Å². The van der Waals surface area contributed by atoms with Crippen LogP contribution >= 0.6 is 0 Å². The van der Waals surface area contributed by atoms with Gasteiger partial charge in [0.15, 0.2) is 0 Å². The second-order valence-electron chi connectivity index (χ2n) is 9.20. The molecule has 0 aromatic rings. The van der Waals surface area contributed by atoms with Crippen LogP contribution in [0.5, 0.6) is 0 Å². The van der Waals surface area contributed by atoms with Crippen LogP contribution in [-0.4, -0.2) is 36.0 Å². The van der Waals surface area contributed by atoms with Gasteiger partial charge in [0.2, 0.25) is 5.91 Å². The minimum atomic E-state index is 0.238. The van der Waals surface area contributed by atoms with E-state index in [0.29, 0.717) is 17.8 Å². The van der Waals surface area contributed by atoms with Gasteiger partial charge < -0.3 is 5.32 Å². The Morgan fingerprint density at radius 3 is 2.41 bits per heavy atom. The molecule has 1 amide bonds. The third-order valence-corrected chi connectivity index (χ3v) is 4.64. The maximum atomic E-state index is 12.0. The van der Waals surface area contributed by atoms with Crippen LogP contribution in [0.2, 0.25) is 0 Å². The Kier molecular flexibility index (Phi) is 7.37. The zero-order valence-electron chi connectivity index (χ0n) is 15.8. The van der Waals surface area contributed by atoms with Gasteiger partial charge in [0.1, 0.15) is 0 Å². The van der Waals surface area contributed by atoms with E-state index >= 15 is 0 Å². The molecule has 1 atom stereocenters. The van der Waals surface area contributed by atoms with Crippen LogP contribution in [0, 0.1) is 11.3 Å². The lowest BCUT2D eigenvalue weighted by Gasteiger charge is -2.41. The molecule has 1 unspecified atom stereocenters. The highest BCUT2D eigenvalue weighted by Crippen LogP contribution is 2.24. The molecule has 0 bridgehead atoms. The summed E-state index contributed by atoms with van der Waals surface area (Å²) in [6.45, 7) is 16.8. The van der Waals surface area contributed by atoms with Crippen LogP contribution in [0.3, 0.4) is 0 Å². The van der Waals surface area contributed by atoms with E-state index in [1.54, 1.807) is 0 Å². The number of amides is 1. The molecule has 1 heterocycles. The van der Waals surface area contributed by atoms with Gasteiger partial charge in [0.25, 0.3) is 0 Å². The second kappa shape index (κ2) is 8.33. The molecular formula is C19H38N2O. The summed E-state index contributed by atoms with van der Waals surface area (Å²) in [5.41, 5.74) is 0.630. The molecule has 3 nitrogen and oxygen atoms in total. The molecule has 0 spiro atoms. The van der Waals surface area contributed by atoms with Gasteiger partial charge in [-0.15, -0.1) is 0 Å². The van der Waals surface area contributed by atoms with E-state index in [-0.39, 0.29) is 11.4 Å². The molecule has 0 saturated carbocycles. The minimum absolute atomic E-state index is 0.238. The predicted molar refractivity (Wildman–Crippen MR) is 95.0 cm³/mol. The monoisotopic (exact) mass is 310 g/mol. The van der Waals surface area contributed by atoms with Crippen molar-refractivity contribution >= 4 is 5.91 Å². The molecule has 1 rings (SSSR count). The molecular weight excluding hydrogens is 272 g/mol. The maximum absolute atomic E-state index is 12.0. The summed E-state index contributed by atoms with van der Waals surface area (Å²) in [6, 6.07) is 0. The van der Waals surface area contributed by atoms with Crippen LogP contribution in [0.4, 0.5) is 0 Å². The zero-order valence-corrected chi connectivity index (χ0v) is 15.8. The summed E-state index contributed by atoms with van der Waals surface area (Å²) in [6.07, 6.45) is 6.55. The lowest BCUT2D eigenvalue weighted by molar-refractivity contribution is -0.121. The normalized spacial score (nSPS) is 20.9. The van der Waals surface area contributed by atoms with Crippen molar-refractivity contribution in [2.75, 3.05) is 19.6 Å². The number of nitrogens with zero attached hydrogens (tertiary/aromatic N) is 1. The SMILES string of the molecule is CC(C)(C)CCCCC(=O)NCC1CCCN(C(C)(C)C)C1. The largest absolute Gasteiger partial charge is 0.356 e. The van der Waals surface area contributed by atoms with Crippen molar-refractivity contribution in [3.8, 4) is 0 Å². The van der Waals surface area contributed by atoms with Gasteiger partial charge in [0.05, 0.1) is 0 Å². The Hall–Kier alpha value is -0.570. The third-order valence-electron chi connectivity index (χ3n) is 4.64. The van der Waals surface area contributed by atoms with E-state index in [1.807, 2.05) is 0 Å². The fraction of sp³-hybridized carbons (Fsp3) is 0.947. The van der Waals surface area contributed by atoms with Crippen LogP contribution in [0.15, 0.2) is 0 Å². The Morgan fingerprint density at radius 2 is 1.82 bits per heavy atom. The lowest BCUT2D eigenvalue weighted by Crippen LogP contribution is -2.49. The van der Waals surface area contributed by atoms with Gasteiger partial charge in [-0.05, 0) is 64.3 Å². The molecule has 0 aromatic carbocycles. The van der Waals surface area contributed by atoms with Crippen LogP contribution in [-0.2, 0) is 4.79 Å². The van der Waals surface area contributed by atoms with Gasteiger partial charge in [-0.3, -0.25) is 9.69 Å². The maximum Gasteiger partial charge on any atom is 0.220 e. The third kappa shape index (κ3) is 8.17. The fourth-order valence-corrected chi connectivity index (χ4v) is 3.13. The van der Waals surface area contributed by atoms with E-state index in [9.17, 15) is 4.79 Å². The van der Waals surface area contributed by atoms with Gasteiger partial charge >= 0.3 is 0 Å². The van der Waals surface area contributed by atoms with Crippen LogP contribution < -0.4 is 5.32 Å². The number of hydrogen-bond acceptors (Lipinski definition) is 2. The van der Waals surface area contributed by atoms with E-state index < -0.39 is 0 Å². The van der Waals surface area contributed by atoms with Crippen molar-refractivity contribution in [2.24, 2.45) is 11.3 Å². The molecule has 1 N–H and O–H groups in total. The molecule has 0 aliphatic carbocycles. The number of likely N-dealkylation sites (tertiary alicyclic amines) is 1. The standard InChI is InChI=1S/C19H38N2O/c1-18(2,3)12-8-7-11-17(22)20-14-16-10-9-13-21(15-16)19(4,5)6/h16H,7-15H2,1-6H3,(H,20,22).